The van der Waals surface area contributed by atoms with Gasteiger partial charge < -0.3 is 5.73 Å². The number of nitrogens with two attached hydrogens (primary N) is 1. The molecule has 0 radical (unpaired) electrons. The monoisotopic (exact) mass is 211 g/mol. The van der Waals surface area contributed by atoms with E-state index in [1.165, 1.54) is 18.9 Å². The largest absolute Gasteiger partial charge is 0.330 e. The first-order valence-corrected chi connectivity index (χ1v) is 5.82. The summed E-state index contributed by atoms with van der Waals surface area (Å²) in [5.74, 6) is 0.829. The molecule has 0 amide bonds. The molecule has 0 atom stereocenters. The zero-order valence-electron chi connectivity index (χ0n) is 8.00. The Hall–Kier alpha value is -0.540. The lowest BCUT2D eigenvalue weighted by molar-refractivity contribution is 0.591. The summed E-state index contributed by atoms with van der Waals surface area (Å²) >= 11 is 1.59. The van der Waals surface area contributed by atoms with Gasteiger partial charge in [-0.1, -0.05) is 12.1 Å². The molecule has 1 aliphatic carbocycles. The second kappa shape index (κ2) is 3.91. The second-order valence-electron chi connectivity index (χ2n) is 3.92. The highest BCUT2D eigenvalue weighted by Gasteiger charge is 2.40. The normalized spacial score (nSPS) is 18.1. The Morgan fingerprint density at radius 3 is 2.64 bits per heavy atom. The van der Waals surface area contributed by atoms with Crippen molar-refractivity contribution < 1.29 is 4.39 Å². The van der Waals surface area contributed by atoms with Crippen LogP contribution in [0.25, 0.3) is 0 Å². The van der Waals surface area contributed by atoms with Gasteiger partial charge in [-0.3, -0.25) is 0 Å². The van der Waals surface area contributed by atoms with E-state index in [0.29, 0.717) is 5.41 Å². The van der Waals surface area contributed by atoms with Gasteiger partial charge in [0.25, 0.3) is 0 Å². The van der Waals surface area contributed by atoms with E-state index in [1.807, 2.05) is 12.1 Å². The third-order valence-corrected chi connectivity index (χ3v) is 4.16. The molecule has 14 heavy (non-hydrogen) atoms. The van der Waals surface area contributed by atoms with Crippen LogP contribution in [0.4, 0.5) is 4.39 Å². The summed E-state index contributed by atoms with van der Waals surface area (Å²) in [4.78, 5) is 0.743. The van der Waals surface area contributed by atoms with Crippen LogP contribution in [0.2, 0.25) is 0 Å². The second-order valence-corrected chi connectivity index (χ2v) is 4.94. The van der Waals surface area contributed by atoms with E-state index in [0.717, 1.165) is 17.2 Å². The van der Waals surface area contributed by atoms with E-state index >= 15 is 0 Å². The summed E-state index contributed by atoms with van der Waals surface area (Å²) in [6.45, 7) is 0.731. The zero-order chi connectivity index (χ0) is 10.0. The first-order chi connectivity index (χ1) is 6.76. The van der Waals surface area contributed by atoms with Crippen molar-refractivity contribution in [1.29, 1.82) is 0 Å². The number of hydrogen-bond acceptors (Lipinski definition) is 2. The molecule has 3 heteroatoms. The Morgan fingerprint density at radius 2 is 2.07 bits per heavy atom. The quantitative estimate of drug-likeness (QED) is 0.775. The summed E-state index contributed by atoms with van der Waals surface area (Å²) in [6.07, 6.45) is 2.40. The molecule has 0 unspecified atom stereocenters. The van der Waals surface area contributed by atoms with Crippen LogP contribution in [0.1, 0.15) is 12.8 Å². The minimum atomic E-state index is -0.120. The molecule has 0 aromatic heterocycles. The van der Waals surface area contributed by atoms with Crippen molar-refractivity contribution in [1.82, 2.24) is 0 Å². The molecule has 1 fully saturated rings. The van der Waals surface area contributed by atoms with Crippen LogP contribution in [0.5, 0.6) is 0 Å². The Bertz CT molecular complexity index is 323. The van der Waals surface area contributed by atoms with Gasteiger partial charge in [0.1, 0.15) is 5.82 Å². The number of rotatable bonds is 4. The maximum Gasteiger partial charge on any atom is 0.136 e. The highest BCUT2D eigenvalue weighted by molar-refractivity contribution is 7.99. The van der Waals surface area contributed by atoms with Crippen LogP contribution < -0.4 is 5.73 Å². The number of halogens is 1. The molecule has 1 aromatic rings. The van der Waals surface area contributed by atoms with Gasteiger partial charge in [0, 0.05) is 10.6 Å². The summed E-state index contributed by atoms with van der Waals surface area (Å²) in [5, 5.41) is 0. The fourth-order valence-corrected chi connectivity index (χ4v) is 2.63. The fourth-order valence-electron chi connectivity index (χ4n) is 1.38. The number of thioether (sulfide) groups is 1. The van der Waals surface area contributed by atoms with Crippen LogP contribution in [0.3, 0.4) is 0 Å². The topological polar surface area (TPSA) is 26.0 Å². The van der Waals surface area contributed by atoms with Crippen LogP contribution in [0, 0.1) is 11.2 Å². The molecule has 1 aromatic carbocycles. The van der Waals surface area contributed by atoms with Crippen molar-refractivity contribution in [2.45, 2.75) is 17.7 Å². The molecule has 2 N–H and O–H groups in total. The van der Waals surface area contributed by atoms with E-state index in [2.05, 4.69) is 0 Å². The van der Waals surface area contributed by atoms with Gasteiger partial charge in [-0.15, -0.1) is 11.8 Å². The van der Waals surface area contributed by atoms with E-state index in [4.69, 9.17) is 5.73 Å². The first-order valence-electron chi connectivity index (χ1n) is 4.83. The van der Waals surface area contributed by atoms with Gasteiger partial charge >= 0.3 is 0 Å². The molecule has 1 aliphatic rings. The highest BCUT2D eigenvalue weighted by Crippen LogP contribution is 2.48. The lowest BCUT2D eigenvalue weighted by atomic mass is 10.1. The molecule has 0 aliphatic heterocycles. The average molecular weight is 211 g/mol. The fraction of sp³-hybridized carbons (Fsp3) is 0.455. The maximum atomic E-state index is 13.2. The predicted octanol–water partition coefficient (Wildman–Crippen LogP) is 2.66. The van der Waals surface area contributed by atoms with Gasteiger partial charge in [0.15, 0.2) is 0 Å². The number of hydrogen-bond donors (Lipinski definition) is 1. The van der Waals surface area contributed by atoms with E-state index in [9.17, 15) is 4.39 Å². The van der Waals surface area contributed by atoms with Gasteiger partial charge in [0.05, 0.1) is 0 Å². The minimum Gasteiger partial charge on any atom is -0.330 e. The highest BCUT2D eigenvalue weighted by atomic mass is 32.2. The number of benzene rings is 1. The van der Waals surface area contributed by atoms with E-state index in [-0.39, 0.29) is 5.82 Å². The average Bonchev–Trinajstić information content (AvgIpc) is 2.98. The summed E-state index contributed by atoms with van der Waals surface area (Å²) in [5.41, 5.74) is 5.98. The molecule has 0 saturated heterocycles. The lowest BCUT2D eigenvalue weighted by Gasteiger charge is -2.11. The van der Waals surface area contributed by atoms with E-state index in [1.54, 1.807) is 17.8 Å². The maximum absolute atomic E-state index is 13.2. The van der Waals surface area contributed by atoms with Crippen molar-refractivity contribution in [3.8, 4) is 0 Å². The van der Waals surface area contributed by atoms with E-state index < -0.39 is 0 Å². The molecule has 76 valence electrons. The molecule has 0 bridgehead atoms. The summed E-state index contributed by atoms with van der Waals surface area (Å²) < 4.78 is 13.2. The molecular weight excluding hydrogens is 197 g/mol. The van der Waals surface area contributed by atoms with Gasteiger partial charge in [0.2, 0.25) is 0 Å². The SMILES string of the molecule is NCC1(CSc2ccccc2F)CC1. The van der Waals surface area contributed by atoms with Crippen LogP contribution in [-0.4, -0.2) is 12.3 Å². The predicted molar refractivity (Wildman–Crippen MR) is 57.8 cm³/mol. The Morgan fingerprint density at radius 1 is 1.36 bits per heavy atom. The Kier molecular flexibility index (Phi) is 2.79. The third kappa shape index (κ3) is 2.10. The summed E-state index contributed by atoms with van der Waals surface area (Å²) in [7, 11) is 0. The molecule has 0 heterocycles. The van der Waals surface area contributed by atoms with Crippen LogP contribution in [-0.2, 0) is 0 Å². The van der Waals surface area contributed by atoms with Crippen LogP contribution >= 0.6 is 11.8 Å². The van der Waals surface area contributed by atoms with Crippen molar-refractivity contribution >= 4 is 11.8 Å². The molecule has 1 nitrogen and oxygen atoms in total. The van der Waals surface area contributed by atoms with Crippen molar-refractivity contribution in [2.75, 3.05) is 12.3 Å². The zero-order valence-corrected chi connectivity index (χ0v) is 8.82. The van der Waals surface area contributed by atoms with Crippen molar-refractivity contribution in [3.05, 3.63) is 30.1 Å². The smallest absolute Gasteiger partial charge is 0.136 e. The van der Waals surface area contributed by atoms with Gasteiger partial charge in [-0.05, 0) is 36.9 Å². The first kappa shape index (κ1) is 9.99. The third-order valence-electron chi connectivity index (χ3n) is 2.76. The van der Waals surface area contributed by atoms with Crippen molar-refractivity contribution in [2.24, 2.45) is 11.1 Å². The molecular formula is C11H14FNS. The minimum absolute atomic E-state index is 0.120. The van der Waals surface area contributed by atoms with Crippen LogP contribution in [0.15, 0.2) is 29.2 Å². The standard InChI is InChI=1S/C11H14FNS/c12-9-3-1-2-4-10(9)14-8-11(7-13)5-6-11/h1-4H,5-8,13H2. The van der Waals surface area contributed by atoms with Gasteiger partial charge in [-0.25, -0.2) is 4.39 Å². The molecule has 2 rings (SSSR count). The van der Waals surface area contributed by atoms with Crippen molar-refractivity contribution in [3.63, 3.8) is 0 Å². The Labute approximate surface area is 87.9 Å². The molecule has 1 saturated carbocycles. The lowest BCUT2D eigenvalue weighted by Crippen LogP contribution is -2.17. The molecule has 0 spiro atoms. The Balaban J connectivity index is 1.95. The summed E-state index contributed by atoms with van der Waals surface area (Å²) in [6, 6.07) is 6.92. The van der Waals surface area contributed by atoms with Gasteiger partial charge in [-0.2, -0.15) is 0 Å².